The summed E-state index contributed by atoms with van der Waals surface area (Å²) in [5, 5.41) is 0. The maximum Gasteiger partial charge on any atom is 0.356 e. The molecule has 9 heteroatoms. The highest BCUT2D eigenvalue weighted by atomic mass is 32.2. The Morgan fingerprint density at radius 3 is 2.48 bits per heavy atom. The number of hydrogen-bond acceptors (Lipinski definition) is 6. The smallest absolute Gasteiger partial charge is 0.356 e. The molecule has 0 fully saturated rings. The molecular weight excluding hydrogens is 372 g/mol. The second-order valence-corrected chi connectivity index (χ2v) is 6.78. The summed E-state index contributed by atoms with van der Waals surface area (Å²) in [6, 6.07) is 4.80. The summed E-state index contributed by atoms with van der Waals surface area (Å²) in [7, 11) is -1.21. The number of carbonyl (C=O) groups excluding carboxylic acids is 1. The molecule has 8 nitrogen and oxygen atoms in total. The summed E-state index contributed by atoms with van der Waals surface area (Å²) < 4.78 is 45.2. The lowest BCUT2D eigenvalue weighted by molar-refractivity contribution is -0.139. The molecule has 0 unspecified atom stereocenters. The van der Waals surface area contributed by atoms with E-state index in [0.29, 0.717) is 17.1 Å². The first-order valence-corrected chi connectivity index (χ1v) is 9.23. The largest absolute Gasteiger partial charge is 0.493 e. The van der Waals surface area contributed by atoms with Crippen molar-refractivity contribution < 1.29 is 27.4 Å². The van der Waals surface area contributed by atoms with Crippen LogP contribution in [0.15, 0.2) is 59.7 Å². The van der Waals surface area contributed by atoms with E-state index in [1.165, 1.54) is 32.4 Å². The van der Waals surface area contributed by atoms with Crippen LogP contribution in [-0.4, -0.2) is 51.8 Å². The molecule has 0 saturated heterocycles. The molecular formula is C18H20N2O6S. The van der Waals surface area contributed by atoms with Gasteiger partial charge in [-0.15, -0.1) is 11.0 Å². The average Bonchev–Trinajstić information content (AvgIpc) is 2.66. The second-order valence-electron chi connectivity index (χ2n) is 5.26. The lowest BCUT2D eigenvalue weighted by Crippen LogP contribution is -2.37. The molecule has 1 aliphatic heterocycles. The minimum absolute atomic E-state index is 0.0546. The van der Waals surface area contributed by atoms with Crippen molar-refractivity contribution in [1.29, 1.82) is 0 Å². The third kappa shape index (κ3) is 4.37. The molecule has 1 heterocycles. The number of ether oxygens (including phenoxy) is 3. The van der Waals surface area contributed by atoms with Gasteiger partial charge in [0, 0.05) is 5.56 Å². The number of carbonyl (C=O) groups is 1. The van der Waals surface area contributed by atoms with Gasteiger partial charge < -0.3 is 14.2 Å². The molecule has 0 aliphatic carbocycles. The topological polar surface area (TPSA) is 94.5 Å². The van der Waals surface area contributed by atoms with E-state index in [1.807, 2.05) is 0 Å². The van der Waals surface area contributed by atoms with Gasteiger partial charge in [-0.05, 0) is 24.3 Å². The van der Waals surface area contributed by atoms with Gasteiger partial charge in [0.2, 0.25) is 0 Å². The highest BCUT2D eigenvalue weighted by molar-refractivity contribution is 7.88. The van der Waals surface area contributed by atoms with E-state index in [1.54, 1.807) is 18.2 Å². The maximum atomic E-state index is 12.6. The molecule has 0 spiro atoms. The Labute approximate surface area is 158 Å². The minimum Gasteiger partial charge on any atom is -0.493 e. The number of nitrogens with zero attached hydrogens (tertiary/aromatic N) is 2. The first kappa shape index (κ1) is 20.2. The molecule has 1 aromatic rings. The zero-order valence-electron chi connectivity index (χ0n) is 15.0. The fourth-order valence-electron chi connectivity index (χ4n) is 2.34. The SMILES string of the molecule is C=CCOC(=O)C1=CC(c2ccc(OC)c(OC)c2)=NS(=O)(=O)N1CC=C. The molecule has 0 aromatic heterocycles. The van der Waals surface area contributed by atoms with Gasteiger partial charge in [-0.3, -0.25) is 0 Å². The standard InChI is InChI=1S/C18H20N2O6S/c1-5-9-20-15(18(21)26-10-6-2)12-14(19-27(20,22)23)13-7-8-16(24-3)17(11-13)25-4/h5-8,11-12H,1-2,9-10H2,3-4H3. The molecule has 0 atom stereocenters. The predicted molar refractivity (Wildman–Crippen MR) is 101 cm³/mol. The molecule has 0 N–H and O–H groups in total. The van der Waals surface area contributed by atoms with E-state index < -0.39 is 16.2 Å². The van der Waals surface area contributed by atoms with E-state index in [2.05, 4.69) is 17.6 Å². The van der Waals surface area contributed by atoms with Crippen LogP contribution < -0.4 is 9.47 Å². The Balaban J connectivity index is 2.56. The summed E-state index contributed by atoms with van der Waals surface area (Å²) in [6.07, 6.45) is 4.08. The van der Waals surface area contributed by atoms with Crippen LogP contribution in [0.4, 0.5) is 0 Å². The highest BCUT2D eigenvalue weighted by Gasteiger charge is 2.33. The Morgan fingerprint density at radius 1 is 1.19 bits per heavy atom. The van der Waals surface area contributed by atoms with E-state index in [0.717, 1.165) is 4.31 Å². The second kappa shape index (κ2) is 8.54. The summed E-state index contributed by atoms with van der Waals surface area (Å²) in [4.78, 5) is 12.4. The van der Waals surface area contributed by atoms with Crippen LogP contribution in [0.5, 0.6) is 11.5 Å². The third-order valence-electron chi connectivity index (χ3n) is 3.55. The number of esters is 1. The van der Waals surface area contributed by atoms with Crippen molar-refractivity contribution in [2.24, 2.45) is 4.40 Å². The van der Waals surface area contributed by atoms with Crippen LogP contribution in [0.3, 0.4) is 0 Å². The minimum atomic E-state index is -4.15. The molecule has 0 amide bonds. The Hall–Kier alpha value is -3.07. The van der Waals surface area contributed by atoms with Gasteiger partial charge >= 0.3 is 16.2 Å². The Morgan fingerprint density at radius 2 is 1.89 bits per heavy atom. The number of methoxy groups -OCH3 is 2. The van der Waals surface area contributed by atoms with Gasteiger partial charge in [0.15, 0.2) is 11.5 Å². The first-order valence-electron chi connectivity index (χ1n) is 7.83. The highest BCUT2D eigenvalue weighted by Crippen LogP contribution is 2.30. The molecule has 144 valence electrons. The van der Waals surface area contributed by atoms with Crippen molar-refractivity contribution in [3.05, 3.63) is 60.8 Å². The molecule has 1 aromatic carbocycles. The lowest BCUT2D eigenvalue weighted by Gasteiger charge is -2.25. The van der Waals surface area contributed by atoms with Crippen molar-refractivity contribution in [3.63, 3.8) is 0 Å². The van der Waals surface area contributed by atoms with Gasteiger partial charge in [0.05, 0.1) is 26.5 Å². The van der Waals surface area contributed by atoms with Crippen LogP contribution in [0, 0.1) is 0 Å². The fourth-order valence-corrected chi connectivity index (χ4v) is 3.51. The Kier molecular flexibility index (Phi) is 6.40. The summed E-state index contributed by atoms with van der Waals surface area (Å²) in [5.41, 5.74) is 0.335. The van der Waals surface area contributed by atoms with Gasteiger partial charge in [0.1, 0.15) is 12.3 Å². The van der Waals surface area contributed by atoms with E-state index in [-0.39, 0.29) is 24.6 Å². The van der Waals surface area contributed by atoms with Crippen molar-refractivity contribution in [2.75, 3.05) is 27.4 Å². The molecule has 0 bridgehead atoms. The molecule has 1 aliphatic rings. The third-order valence-corrected chi connectivity index (χ3v) is 4.88. The summed E-state index contributed by atoms with van der Waals surface area (Å²) >= 11 is 0. The number of allylic oxidation sites excluding steroid dienone is 1. The monoisotopic (exact) mass is 392 g/mol. The van der Waals surface area contributed by atoms with Gasteiger partial charge in [-0.25, -0.2) is 9.10 Å². The molecule has 27 heavy (non-hydrogen) atoms. The van der Waals surface area contributed by atoms with E-state index in [9.17, 15) is 13.2 Å². The molecule has 0 radical (unpaired) electrons. The van der Waals surface area contributed by atoms with Crippen molar-refractivity contribution in [2.45, 2.75) is 0 Å². The van der Waals surface area contributed by atoms with Crippen LogP contribution in [-0.2, 0) is 19.7 Å². The summed E-state index contributed by atoms with van der Waals surface area (Å²) in [6.45, 7) is 6.80. The lowest BCUT2D eigenvalue weighted by atomic mass is 10.1. The van der Waals surface area contributed by atoms with E-state index >= 15 is 0 Å². The number of rotatable bonds is 8. The van der Waals surface area contributed by atoms with Crippen molar-refractivity contribution in [3.8, 4) is 11.5 Å². The van der Waals surface area contributed by atoms with Crippen LogP contribution in [0.25, 0.3) is 0 Å². The Bertz CT molecular complexity index is 918. The van der Waals surface area contributed by atoms with E-state index in [4.69, 9.17) is 14.2 Å². The normalized spacial score (nSPS) is 15.3. The van der Waals surface area contributed by atoms with Crippen LogP contribution >= 0.6 is 0 Å². The van der Waals surface area contributed by atoms with Crippen molar-refractivity contribution in [1.82, 2.24) is 4.31 Å². The van der Waals surface area contributed by atoms with Crippen LogP contribution in [0.1, 0.15) is 5.56 Å². The number of benzene rings is 1. The molecule has 0 saturated carbocycles. The zero-order chi connectivity index (χ0) is 20.0. The summed E-state index contributed by atoms with van der Waals surface area (Å²) in [5.74, 6) is 0.0596. The molecule has 2 rings (SSSR count). The zero-order valence-corrected chi connectivity index (χ0v) is 15.9. The van der Waals surface area contributed by atoms with Gasteiger partial charge in [0.25, 0.3) is 0 Å². The predicted octanol–water partition coefficient (Wildman–Crippen LogP) is 1.85. The number of hydrogen-bond donors (Lipinski definition) is 0. The fraction of sp³-hybridized carbons (Fsp3) is 0.222. The van der Waals surface area contributed by atoms with Crippen molar-refractivity contribution >= 4 is 21.9 Å². The average molecular weight is 392 g/mol. The van der Waals surface area contributed by atoms with Crippen LogP contribution in [0.2, 0.25) is 0 Å². The van der Waals surface area contributed by atoms with Gasteiger partial charge in [-0.2, -0.15) is 8.42 Å². The quantitative estimate of drug-likeness (QED) is 0.495. The van der Waals surface area contributed by atoms with Gasteiger partial charge in [-0.1, -0.05) is 18.7 Å². The first-order chi connectivity index (χ1) is 12.9. The maximum absolute atomic E-state index is 12.6.